The number of pyridine rings is 1. The van der Waals surface area contributed by atoms with Crippen LogP contribution in [0.15, 0.2) is 162 Å². The molecule has 0 atom stereocenters. The van der Waals surface area contributed by atoms with Crippen molar-refractivity contribution in [1.82, 2.24) is 19.9 Å². The van der Waals surface area contributed by atoms with E-state index in [-0.39, 0.29) is 0 Å². The molecule has 0 bridgehead atoms. The number of rotatable bonds is 5. The molecule has 6 aromatic carbocycles. The highest BCUT2D eigenvalue weighted by Crippen LogP contribution is 2.42. The third kappa shape index (κ3) is 4.82. The van der Waals surface area contributed by atoms with Crippen molar-refractivity contribution in [1.29, 1.82) is 0 Å². The molecule has 0 spiro atoms. The number of hydrogen-bond donors (Lipinski definition) is 0. The highest BCUT2D eigenvalue weighted by atomic mass is 16.3. The second kappa shape index (κ2) is 11.2. The molecule has 0 amide bonds. The van der Waals surface area contributed by atoms with Gasteiger partial charge < -0.3 is 4.42 Å². The molecular formula is C42H26N4O. The van der Waals surface area contributed by atoms with Crippen molar-refractivity contribution in [2.45, 2.75) is 0 Å². The zero-order valence-corrected chi connectivity index (χ0v) is 25.2. The second-order valence-corrected chi connectivity index (χ2v) is 11.5. The lowest BCUT2D eigenvalue weighted by Gasteiger charge is -2.11. The van der Waals surface area contributed by atoms with Crippen molar-refractivity contribution in [2.24, 2.45) is 0 Å². The molecule has 3 heterocycles. The van der Waals surface area contributed by atoms with Gasteiger partial charge in [-0.05, 0) is 47.0 Å². The summed E-state index contributed by atoms with van der Waals surface area (Å²) in [6.45, 7) is 0. The third-order valence-electron chi connectivity index (χ3n) is 8.59. The van der Waals surface area contributed by atoms with Crippen molar-refractivity contribution in [3.63, 3.8) is 0 Å². The molecule has 5 nitrogen and oxygen atoms in total. The van der Waals surface area contributed by atoms with Gasteiger partial charge in [0, 0.05) is 44.6 Å². The molecule has 0 N–H and O–H groups in total. The lowest BCUT2D eigenvalue weighted by molar-refractivity contribution is 0.670. The van der Waals surface area contributed by atoms with E-state index in [9.17, 15) is 0 Å². The Bertz CT molecular complexity index is 2490. The van der Waals surface area contributed by atoms with Crippen LogP contribution in [0.5, 0.6) is 0 Å². The summed E-state index contributed by atoms with van der Waals surface area (Å²) in [7, 11) is 0. The predicted octanol–water partition coefficient (Wildman–Crippen LogP) is 10.7. The number of aromatic nitrogens is 4. The molecule has 0 fully saturated rings. The molecule has 0 aliphatic rings. The summed E-state index contributed by atoms with van der Waals surface area (Å²) >= 11 is 0. The Morgan fingerprint density at radius 3 is 1.64 bits per heavy atom. The van der Waals surface area contributed by atoms with Crippen LogP contribution >= 0.6 is 0 Å². The molecular weight excluding hydrogens is 576 g/mol. The Morgan fingerprint density at radius 1 is 0.426 bits per heavy atom. The van der Waals surface area contributed by atoms with Crippen LogP contribution in [0, 0.1) is 0 Å². The van der Waals surface area contributed by atoms with Crippen LogP contribution in [0.4, 0.5) is 0 Å². The minimum absolute atomic E-state index is 0.581. The van der Waals surface area contributed by atoms with Crippen LogP contribution in [0.2, 0.25) is 0 Å². The first-order valence-electron chi connectivity index (χ1n) is 15.6. The van der Waals surface area contributed by atoms with Gasteiger partial charge in [-0.3, -0.25) is 4.98 Å². The largest absolute Gasteiger partial charge is 0.455 e. The van der Waals surface area contributed by atoms with E-state index >= 15 is 0 Å². The zero-order valence-electron chi connectivity index (χ0n) is 25.2. The smallest absolute Gasteiger partial charge is 0.164 e. The van der Waals surface area contributed by atoms with Gasteiger partial charge >= 0.3 is 0 Å². The second-order valence-electron chi connectivity index (χ2n) is 11.5. The number of fused-ring (bicyclic) bond motifs is 4. The molecule has 220 valence electrons. The van der Waals surface area contributed by atoms with Crippen molar-refractivity contribution in [2.75, 3.05) is 0 Å². The van der Waals surface area contributed by atoms with Gasteiger partial charge in [0.05, 0.1) is 5.52 Å². The Labute approximate surface area is 270 Å². The fourth-order valence-corrected chi connectivity index (χ4v) is 6.26. The van der Waals surface area contributed by atoms with Gasteiger partial charge in [-0.15, -0.1) is 0 Å². The first kappa shape index (κ1) is 26.9. The Balaban J connectivity index is 1.30. The van der Waals surface area contributed by atoms with E-state index in [2.05, 4.69) is 83.8 Å². The first-order valence-corrected chi connectivity index (χ1v) is 15.6. The maximum Gasteiger partial charge on any atom is 0.164 e. The van der Waals surface area contributed by atoms with Crippen molar-refractivity contribution < 1.29 is 4.42 Å². The number of hydrogen-bond acceptors (Lipinski definition) is 5. The highest BCUT2D eigenvalue weighted by Gasteiger charge is 2.21. The minimum atomic E-state index is 0.581. The van der Waals surface area contributed by atoms with Crippen LogP contribution in [0.3, 0.4) is 0 Å². The Hall–Kier alpha value is -6.46. The summed E-state index contributed by atoms with van der Waals surface area (Å²) in [4.78, 5) is 19.7. The first-order chi connectivity index (χ1) is 23.3. The van der Waals surface area contributed by atoms with Crippen molar-refractivity contribution >= 4 is 32.8 Å². The van der Waals surface area contributed by atoms with E-state index in [1.165, 1.54) is 5.56 Å². The highest BCUT2D eigenvalue weighted by molar-refractivity contribution is 6.18. The van der Waals surface area contributed by atoms with Gasteiger partial charge in [-0.25, -0.2) is 15.0 Å². The molecule has 0 saturated heterocycles. The van der Waals surface area contributed by atoms with E-state index in [1.807, 2.05) is 79.0 Å². The van der Waals surface area contributed by atoms with Crippen LogP contribution in [0.25, 0.3) is 89.3 Å². The molecule has 0 saturated carbocycles. The molecule has 0 unspecified atom stereocenters. The predicted molar refractivity (Wildman–Crippen MR) is 190 cm³/mol. The average molecular weight is 603 g/mol. The Morgan fingerprint density at radius 2 is 0.979 bits per heavy atom. The minimum Gasteiger partial charge on any atom is -0.455 e. The monoisotopic (exact) mass is 602 g/mol. The van der Waals surface area contributed by atoms with Crippen molar-refractivity contribution in [3.05, 3.63) is 158 Å². The van der Waals surface area contributed by atoms with Crippen LogP contribution in [-0.2, 0) is 0 Å². The summed E-state index contributed by atoms with van der Waals surface area (Å²) < 4.78 is 6.75. The number of benzene rings is 6. The zero-order chi connectivity index (χ0) is 31.2. The van der Waals surface area contributed by atoms with Gasteiger partial charge in [-0.2, -0.15) is 0 Å². The molecule has 0 aliphatic heterocycles. The van der Waals surface area contributed by atoms with Crippen LogP contribution < -0.4 is 0 Å². The standard InChI is InChI=1S/C42H26N4O/c1-4-11-27(12-5-1)28-18-20-29(21-19-28)33-22-23-34(38-35-26-36-32(17-10-24-43-36)25-37(35)47-39(33)38)42-45-40(30-13-6-2-7-14-30)44-41(46-42)31-15-8-3-9-16-31/h1-26H. The fraction of sp³-hybridized carbons (Fsp3) is 0. The van der Waals surface area contributed by atoms with Gasteiger partial charge in [0.15, 0.2) is 17.5 Å². The maximum atomic E-state index is 6.75. The molecule has 47 heavy (non-hydrogen) atoms. The maximum absolute atomic E-state index is 6.75. The Kier molecular flexibility index (Phi) is 6.39. The van der Waals surface area contributed by atoms with Gasteiger partial charge in [-0.1, -0.05) is 121 Å². The number of furan rings is 1. The third-order valence-corrected chi connectivity index (χ3v) is 8.59. The van der Waals surface area contributed by atoms with Gasteiger partial charge in [0.1, 0.15) is 11.2 Å². The van der Waals surface area contributed by atoms with Crippen LogP contribution in [0.1, 0.15) is 0 Å². The summed E-state index contributed by atoms with van der Waals surface area (Å²) in [5, 5.41) is 2.93. The van der Waals surface area contributed by atoms with E-state index < -0.39 is 0 Å². The summed E-state index contributed by atoms with van der Waals surface area (Å²) in [5.74, 6) is 1.81. The molecule has 0 radical (unpaired) electrons. The topological polar surface area (TPSA) is 64.7 Å². The van der Waals surface area contributed by atoms with Crippen LogP contribution in [-0.4, -0.2) is 19.9 Å². The molecule has 9 aromatic rings. The van der Waals surface area contributed by atoms with E-state index in [0.717, 1.165) is 66.2 Å². The lowest BCUT2D eigenvalue weighted by atomic mass is 9.96. The molecule has 5 heteroatoms. The molecule has 0 aliphatic carbocycles. The quantitative estimate of drug-likeness (QED) is 0.196. The van der Waals surface area contributed by atoms with E-state index in [1.54, 1.807) is 0 Å². The summed E-state index contributed by atoms with van der Waals surface area (Å²) in [5.41, 5.74) is 9.59. The lowest BCUT2D eigenvalue weighted by Crippen LogP contribution is -2.00. The van der Waals surface area contributed by atoms with Gasteiger partial charge in [0.2, 0.25) is 0 Å². The normalized spacial score (nSPS) is 11.4. The number of nitrogens with zero attached hydrogens (tertiary/aromatic N) is 4. The average Bonchev–Trinajstić information content (AvgIpc) is 3.53. The molecule has 9 rings (SSSR count). The summed E-state index contributed by atoms with van der Waals surface area (Å²) in [6.07, 6.45) is 1.82. The van der Waals surface area contributed by atoms with E-state index in [4.69, 9.17) is 19.4 Å². The SMILES string of the molecule is c1ccc(-c2ccc(-c3ccc(-c4nc(-c5ccccc5)nc(-c5ccccc5)n4)c4c3oc3cc5cccnc5cc34)cc2)cc1. The van der Waals surface area contributed by atoms with Crippen molar-refractivity contribution in [3.8, 4) is 56.4 Å². The fourth-order valence-electron chi connectivity index (χ4n) is 6.26. The van der Waals surface area contributed by atoms with Gasteiger partial charge in [0.25, 0.3) is 0 Å². The molecule has 3 aromatic heterocycles. The van der Waals surface area contributed by atoms with E-state index in [0.29, 0.717) is 17.5 Å². The summed E-state index contributed by atoms with van der Waals surface area (Å²) in [6, 6.07) is 51.6.